The second-order valence-corrected chi connectivity index (χ2v) is 12.4. The molecule has 5 aromatic rings. The van der Waals surface area contributed by atoms with E-state index in [4.69, 9.17) is 9.72 Å². The van der Waals surface area contributed by atoms with Gasteiger partial charge in [0.25, 0.3) is 0 Å². The molecule has 0 unspecified atom stereocenters. The minimum Gasteiger partial charge on any atom is -0.471 e. The Morgan fingerprint density at radius 3 is 2.75 bits per heavy atom. The van der Waals surface area contributed by atoms with Crippen LogP contribution in [-0.4, -0.2) is 68.2 Å². The molecule has 0 aliphatic carbocycles. The van der Waals surface area contributed by atoms with Crippen molar-refractivity contribution in [2.75, 3.05) is 20.1 Å². The number of aryl methyl sites for hydroxylation is 2. The van der Waals surface area contributed by atoms with Crippen LogP contribution in [0.25, 0.3) is 43.8 Å². The number of halogens is 1. The highest BCUT2D eigenvalue weighted by atomic mass is 19.1. The van der Waals surface area contributed by atoms with Crippen LogP contribution in [0.2, 0.25) is 0 Å². The number of fused-ring (bicyclic) bond motifs is 4. The number of hydrogen-bond donors (Lipinski definition) is 1. The number of benzene rings is 2. The van der Waals surface area contributed by atoms with Gasteiger partial charge in [-0.1, -0.05) is 29.5 Å². The van der Waals surface area contributed by atoms with E-state index < -0.39 is 5.82 Å². The zero-order chi connectivity index (χ0) is 30.5. The van der Waals surface area contributed by atoms with E-state index >= 15 is 4.39 Å². The first kappa shape index (κ1) is 28.6. The molecular formula is C34H37FN8O. The Kier molecular flexibility index (Phi) is 7.39. The lowest BCUT2D eigenvalue weighted by Crippen LogP contribution is -2.39. The fourth-order valence-corrected chi connectivity index (χ4v) is 7.36. The number of ether oxygens (including phenoxy) is 1. The molecule has 10 heteroatoms. The highest BCUT2D eigenvalue weighted by molar-refractivity contribution is 6.07. The first-order valence-electron chi connectivity index (χ1n) is 15.5. The third-order valence-corrected chi connectivity index (χ3v) is 9.63. The van der Waals surface area contributed by atoms with E-state index in [1.807, 2.05) is 48.9 Å². The maximum atomic E-state index is 17.0. The molecule has 5 heterocycles. The molecule has 0 amide bonds. The summed E-state index contributed by atoms with van der Waals surface area (Å²) < 4.78 is 25.5. The normalized spacial score (nSPS) is 21.7. The van der Waals surface area contributed by atoms with Crippen molar-refractivity contribution in [3.05, 3.63) is 53.6 Å². The summed E-state index contributed by atoms with van der Waals surface area (Å²) in [6, 6.07) is 12.6. The molecule has 2 saturated heterocycles. The van der Waals surface area contributed by atoms with Crippen LogP contribution in [0.5, 0.6) is 5.88 Å². The van der Waals surface area contributed by atoms with E-state index in [1.54, 1.807) is 6.20 Å². The number of nitriles is 1. The monoisotopic (exact) mass is 592 g/mol. The smallest absolute Gasteiger partial charge is 0.245 e. The summed E-state index contributed by atoms with van der Waals surface area (Å²) in [6.07, 6.45) is 5.71. The predicted molar refractivity (Wildman–Crippen MR) is 169 cm³/mol. The minimum absolute atomic E-state index is 0.00437. The van der Waals surface area contributed by atoms with Crippen molar-refractivity contribution in [1.82, 2.24) is 35.2 Å². The van der Waals surface area contributed by atoms with Gasteiger partial charge in [-0.05, 0) is 83.6 Å². The molecule has 1 N–H and O–H groups in total. The van der Waals surface area contributed by atoms with Crippen LogP contribution in [0.15, 0.2) is 36.5 Å². The first-order chi connectivity index (χ1) is 21.4. The molecular weight excluding hydrogens is 555 g/mol. The first-order valence-corrected chi connectivity index (χ1v) is 15.5. The van der Waals surface area contributed by atoms with Gasteiger partial charge >= 0.3 is 0 Å². The van der Waals surface area contributed by atoms with Crippen molar-refractivity contribution in [3.63, 3.8) is 0 Å². The molecule has 2 aliphatic rings. The predicted octanol–water partition coefficient (Wildman–Crippen LogP) is 6.02. The van der Waals surface area contributed by atoms with Crippen LogP contribution in [0.4, 0.5) is 4.39 Å². The number of likely N-dealkylation sites (tertiary alicyclic amines) is 1. The second-order valence-electron chi connectivity index (χ2n) is 12.4. The van der Waals surface area contributed by atoms with Crippen molar-refractivity contribution in [1.29, 1.82) is 5.26 Å². The van der Waals surface area contributed by atoms with E-state index in [-0.39, 0.29) is 29.7 Å². The highest BCUT2D eigenvalue weighted by Crippen LogP contribution is 2.41. The molecule has 0 spiro atoms. The van der Waals surface area contributed by atoms with Crippen molar-refractivity contribution in [2.24, 2.45) is 0 Å². The summed E-state index contributed by atoms with van der Waals surface area (Å²) in [5, 5.41) is 24.6. The molecule has 2 aliphatic heterocycles. The molecule has 7 rings (SSSR count). The number of pyridine rings is 2. The van der Waals surface area contributed by atoms with Gasteiger partial charge < -0.3 is 10.1 Å². The van der Waals surface area contributed by atoms with Crippen molar-refractivity contribution >= 4 is 32.7 Å². The Balaban J connectivity index is 1.45. The fourth-order valence-electron chi connectivity index (χ4n) is 7.36. The number of aromatic nitrogens is 5. The Morgan fingerprint density at radius 2 is 1.98 bits per heavy atom. The molecule has 44 heavy (non-hydrogen) atoms. The summed E-state index contributed by atoms with van der Waals surface area (Å²) in [5.41, 5.74) is 4.39. The quantitative estimate of drug-likeness (QED) is 0.255. The van der Waals surface area contributed by atoms with Crippen molar-refractivity contribution in [3.8, 4) is 23.1 Å². The maximum Gasteiger partial charge on any atom is 0.245 e. The van der Waals surface area contributed by atoms with Gasteiger partial charge in [0, 0.05) is 45.9 Å². The van der Waals surface area contributed by atoms with E-state index in [1.165, 1.54) is 0 Å². The van der Waals surface area contributed by atoms with Gasteiger partial charge in [-0.15, -0.1) is 5.10 Å². The van der Waals surface area contributed by atoms with Gasteiger partial charge in [0.2, 0.25) is 5.88 Å². The van der Waals surface area contributed by atoms with Crippen LogP contribution >= 0.6 is 0 Å². The third-order valence-electron chi connectivity index (χ3n) is 9.63. The van der Waals surface area contributed by atoms with Crippen molar-refractivity contribution in [2.45, 2.75) is 77.1 Å². The number of nitrogens with one attached hydrogen (secondary N) is 1. The largest absolute Gasteiger partial charge is 0.471 e. The Labute approximate surface area is 256 Å². The SMILES string of the molecule is Cc1cc2c(nc(O[C@@H](C)[C@@H]3CCCN3C)c3nnn([C@H]4CCN[C@H](CC#N)C4)c32)c(F)c1-c1cnc(C)c2ccccc12. The van der Waals surface area contributed by atoms with Gasteiger partial charge in [-0.3, -0.25) is 9.88 Å². The van der Waals surface area contributed by atoms with E-state index in [0.29, 0.717) is 28.8 Å². The summed E-state index contributed by atoms with van der Waals surface area (Å²) in [6.45, 7) is 7.74. The summed E-state index contributed by atoms with van der Waals surface area (Å²) >= 11 is 0. The van der Waals surface area contributed by atoms with Gasteiger partial charge in [-0.25, -0.2) is 14.1 Å². The summed E-state index contributed by atoms with van der Waals surface area (Å²) in [7, 11) is 2.11. The van der Waals surface area contributed by atoms with Gasteiger partial charge in [0.05, 0.1) is 18.5 Å². The lowest BCUT2D eigenvalue weighted by atomic mass is 9.93. The van der Waals surface area contributed by atoms with Gasteiger partial charge in [0.15, 0.2) is 11.3 Å². The van der Waals surface area contributed by atoms with E-state index in [2.05, 4.69) is 45.6 Å². The lowest BCUT2D eigenvalue weighted by molar-refractivity contribution is 0.118. The minimum atomic E-state index is -0.409. The van der Waals surface area contributed by atoms with Crippen LogP contribution in [0, 0.1) is 31.0 Å². The van der Waals surface area contributed by atoms with Crippen molar-refractivity contribution < 1.29 is 9.13 Å². The van der Waals surface area contributed by atoms with Crippen LogP contribution in [0.3, 0.4) is 0 Å². The fraction of sp³-hybridized carbons (Fsp3) is 0.441. The van der Waals surface area contributed by atoms with Crippen LogP contribution in [0.1, 0.15) is 56.3 Å². The number of likely N-dealkylation sites (N-methyl/N-ethyl adjacent to an activating group) is 1. The Morgan fingerprint density at radius 1 is 1.16 bits per heavy atom. The zero-order valence-electron chi connectivity index (χ0n) is 25.6. The van der Waals surface area contributed by atoms with E-state index in [0.717, 1.165) is 71.9 Å². The molecule has 4 atom stereocenters. The third kappa shape index (κ3) is 4.75. The Bertz CT molecular complexity index is 1930. The van der Waals surface area contributed by atoms with Crippen LogP contribution < -0.4 is 10.1 Å². The van der Waals surface area contributed by atoms with Gasteiger partial charge in [0.1, 0.15) is 17.1 Å². The average Bonchev–Trinajstić information content (AvgIpc) is 3.66. The molecule has 2 fully saturated rings. The molecule has 0 saturated carbocycles. The summed E-state index contributed by atoms with van der Waals surface area (Å²) in [4.78, 5) is 11.8. The average molecular weight is 593 g/mol. The van der Waals surface area contributed by atoms with E-state index in [9.17, 15) is 5.26 Å². The Hall–Kier alpha value is -4.20. The molecule has 3 aromatic heterocycles. The molecule has 9 nitrogen and oxygen atoms in total. The highest BCUT2D eigenvalue weighted by Gasteiger charge is 2.32. The lowest BCUT2D eigenvalue weighted by Gasteiger charge is -2.29. The van der Waals surface area contributed by atoms with Gasteiger partial charge in [-0.2, -0.15) is 5.26 Å². The second kappa shape index (κ2) is 11.4. The number of nitrogens with zero attached hydrogens (tertiary/aromatic N) is 7. The number of piperidine rings is 1. The maximum absolute atomic E-state index is 17.0. The summed E-state index contributed by atoms with van der Waals surface area (Å²) in [5.74, 6) is -0.108. The zero-order valence-corrected chi connectivity index (χ0v) is 25.6. The molecule has 226 valence electrons. The standard InChI is InChI=1S/C34H37FN8O/c1-19-16-26-31(30(35)29(19)27-18-38-20(2)24-8-5-6-9-25(24)27)39-34(44-21(3)28-10-7-15-42(28)4)32-33(26)43(41-40-32)23-12-14-37-22(17-23)11-13-36/h5-6,8-9,16,18,21-23,28,37H,7,10-12,14-15,17H2,1-4H3/t21-,22+,23-,28-/m0/s1. The van der Waals surface area contributed by atoms with Crippen LogP contribution in [-0.2, 0) is 0 Å². The molecule has 0 bridgehead atoms. The molecule has 0 radical (unpaired) electrons. The number of rotatable bonds is 6. The topological polar surface area (TPSA) is 105 Å². The molecule has 2 aromatic carbocycles. The number of hydrogen-bond acceptors (Lipinski definition) is 8.